The van der Waals surface area contributed by atoms with Gasteiger partial charge in [-0.3, -0.25) is 0 Å². The molecule has 4 heteroatoms. The first-order valence-electron chi connectivity index (χ1n) is 5.23. The Hall–Kier alpha value is -0.770. The molecule has 0 aromatic heterocycles. The van der Waals surface area contributed by atoms with Gasteiger partial charge in [-0.15, -0.1) is 0 Å². The molecule has 14 heavy (non-hydrogen) atoms. The highest BCUT2D eigenvalue weighted by Gasteiger charge is 2.27. The molecule has 1 N–H and O–H groups in total. The third-order valence-electron chi connectivity index (χ3n) is 1.98. The van der Waals surface area contributed by atoms with Crippen molar-refractivity contribution >= 4 is 6.03 Å². The van der Waals surface area contributed by atoms with Crippen LogP contribution in [-0.2, 0) is 4.74 Å². The second kappa shape index (κ2) is 6.65. The van der Waals surface area contributed by atoms with E-state index in [1.54, 1.807) is 11.9 Å². The summed E-state index contributed by atoms with van der Waals surface area (Å²) in [6.07, 6.45) is 0.231. The van der Waals surface area contributed by atoms with E-state index >= 15 is 0 Å². The van der Waals surface area contributed by atoms with Crippen LogP contribution in [0.5, 0.6) is 0 Å². The van der Waals surface area contributed by atoms with E-state index < -0.39 is 0 Å². The number of ether oxygens (including phenoxy) is 1. The van der Waals surface area contributed by atoms with Crippen LogP contribution in [0.1, 0.15) is 27.7 Å². The lowest BCUT2D eigenvalue weighted by molar-refractivity contribution is 0.0500. The second-order valence-corrected chi connectivity index (χ2v) is 3.33. The number of urea groups is 1. The topological polar surface area (TPSA) is 41.6 Å². The van der Waals surface area contributed by atoms with Crippen LogP contribution in [0, 0.1) is 0 Å². The molecule has 1 rings (SSSR count). The average Bonchev–Trinajstić information content (AvgIpc) is 2.48. The van der Waals surface area contributed by atoms with Crippen molar-refractivity contribution in [2.24, 2.45) is 0 Å². The number of hydrogen-bond acceptors (Lipinski definition) is 2. The SMILES string of the molecule is CC.CC(C)OCC1CNC(=O)N1C. The van der Waals surface area contributed by atoms with Crippen LogP contribution in [0.25, 0.3) is 0 Å². The molecular weight excluding hydrogens is 180 g/mol. The van der Waals surface area contributed by atoms with E-state index in [-0.39, 0.29) is 18.2 Å². The van der Waals surface area contributed by atoms with E-state index in [2.05, 4.69) is 5.32 Å². The highest BCUT2D eigenvalue weighted by Crippen LogP contribution is 2.04. The van der Waals surface area contributed by atoms with Crippen LogP contribution >= 0.6 is 0 Å². The summed E-state index contributed by atoms with van der Waals surface area (Å²) in [4.78, 5) is 12.7. The summed E-state index contributed by atoms with van der Waals surface area (Å²) in [5.74, 6) is 0. The molecule has 0 aromatic carbocycles. The van der Waals surface area contributed by atoms with Gasteiger partial charge in [0.1, 0.15) is 0 Å². The molecule has 0 aromatic rings. The van der Waals surface area contributed by atoms with Crippen LogP contribution in [0.4, 0.5) is 4.79 Å². The Morgan fingerprint density at radius 1 is 1.57 bits per heavy atom. The lowest BCUT2D eigenvalue weighted by Gasteiger charge is -2.18. The normalized spacial score (nSPS) is 20.6. The summed E-state index contributed by atoms with van der Waals surface area (Å²) in [5, 5.41) is 2.75. The number of amides is 2. The third-order valence-corrected chi connectivity index (χ3v) is 1.98. The molecule has 0 saturated carbocycles. The molecule has 2 amide bonds. The van der Waals surface area contributed by atoms with Gasteiger partial charge < -0.3 is 15.0 Å². The van der Waals surface area contributed by atoms with E-state index in [4.69, 9.17) is 4.74 Å². The van der Waals surface area contributed by atoms with Gasteiger partial charge in [-0.1, -0.05) is 13.8 Å². The number of hydrogen-bond donors (Lipinski definition) is 1. The summed E-state index contributed by atoms with van der Waals surface area (Å²) < 4.78 is 5.41. The molecule has 1 heterocycles. The molecule has 84 valence electrons. The van der Waals surface area contributed by atoms with Crippen molar-refractivity contribution in [3.63, 3.8) is 0 Å². The van der Waals surface area contributed by atoms with Gasteiger partial charge in [-0.05, 0) is 13.8 Å². The van der Waals surface area contributed by atoms with Gasteiger partial charge >= 0.3 is 6.03 Å². The van der Waals surface area contributed by atoms with E-state index in [0.29, 0.717) is 13.2 Å². The Morgan fingerprint density at radius 3 is 2.50 bits per heavy atom. The maximum absolute atomic E-state index is 11.0. The van der Waals surface area contributed by atoms with Crippen LogP contribution in [0.15, 0.2) is 0 Å². The zero-order valence-corrected chi connectivity index (χ0v) is 9.83. The quantitative estimate of drug-likeness (QED) is 0.753. The molecule has 1 aliphatic heterocycles. The minimum absolute atomic E-state index is 0.00708. The van der Waals surface area contributed by atoms with Crippen molar-refractivity contribution in [3.8, 4) is 0 Å². The Balaban J connectivity index is 0.000000791. The molecule has 0 bridgehead atoms. The fourth-order valence-corrected chi connectivity index (χ4v) is 1.11. The standard InChI is InChI=1S/C8H16N2O2.C2H6/c1-6(2)12-5-7-4-9-8(11)10(7)3;1-2/h6-7H,4-5H2,1-3H3,(H,9,11);1-2H3. The van der Waals surface area contributed by atoms with Gasteiger partial charge in [-0.25, -0.2) is 4.79 Å². The molecule has 4 nitrogen and oxygen atoms in total. The van der Waals surface area contributed by atoms with Gasteiger partial charge in [-0.2, -0.15) is 0 Å². The van der Waals surface area contributed by atoms with Crippen LogP contribution in [0.2, 0.25) is 0 Å². The Kier molecular flexibility index (Phi) is 6.28. The Labute approximate surface area is 86.6 Å². The summed E-state index contributed by atoms with van der Waals surface area (Å²) in [6, 6.07) is 0.187. The van der Waals surface area contributed by atoms with Gasteiger partial charge in [0.2, 0.25) is 0 Å². The first-order chi connectivity index (χ1) is 6.61. The number of rotatable bonds is 3. The Morgan fingerprint density at radius 2 is 2.14 bits per heavy atom. The van der Waals surface area contributed by atoms with Gasteiger partial charge in [0.15, 0.2) is 0 Å². The summed E-state index contributed by atoms with van der Waals surface area (Å²) >= 11 is 0. The van der Waals surface area contributed by atoms with Crippen LogP contribution in [0.3, 0.4) is 0 Å². The number of likely N-dealkylation sites (N-methyl/N-ethyl adjacent to an activating group) is 1. The zero-order valence-electron chi connectivity index (χ0n) is 9.83. The fraction of sp³-hybridized carbons (Fsp3) is 0.900. The first kappa shape index (κ1) is 13.2. The number of nitrogens with one attached hydrogen (secondary N) is 1. The van der Waals surface area contributed by atoms with Crippen molar-refractivity contribution in [2.45, 2.75) is 39.8 Å². The third kappa shape index (κ3) is 3.96. The molecule has 1 aliphatic rings. The largest absolute Gasteiger partial charge is 0.377 e. The highest BCUT2D eigenvalue weighted by atomic mass is 16.5. The number of carbonyl (C=O) groups excluding carboxylic acids is 1. The molecule has 0 radical (unpaired) electrons. The van der Waals surface area contributed by atoms with Gasteiger partial charge in [0.05, 0.1) is 18.8 Å². The summed E-state index contributed by atoms with van der Waals surface area (Å²) in [5.41, 5.74) is 0. The fourth-order valence-electron chi connectivity index (χ4n) is 1.11. The van der Waals surface area contributed by atoms with E-state index in [0.717, 1.165) is 0 Å². The molecule has 1 unspecified atom stereocenters. The predicted octanol–water partition coefficient (Wildman–Crippen LogP) is 1.46. The first-order valence-corrected chi connectivity index (χ1v) is 5.23. The van der Waals surface area contributed by atoms with E-state index in [1.807, 2.05) is 27.7 Å². The van der Waals surface area contributed by atoms with Crippen molar-refractivity contribution in [1.82, 2.24) is 10.2 Å². The molecule has 1 saturated heterocycles. The molecule has 0 spiro atoms. The van der Waals surface area contributed by atoms with E-state index in [1.165, 1.54) is 0 Å². The smallest absolute Gasteiger partial charge is 0.317 e. The average molecular weight is 202 g/mol. The maximum Gasteiger partial charge on any atom is 0.317 e. The number of nitrogens with zero attached hydrogens (tertiary/aromatic N) is 1. The second-order valence-electron chi connectivity index (χ2n) is 3.33. The lowest BCUT2D eigenvalue weighted by Crippen LogP contribution is -2.34. The molecule has 0 aliphatic carbocycles. The summed E-state index contributed by atoms with van der Waals surface area (Å²) in [7, 11) is 1.79. The lowest BCUT2D eigenvalue weighted by atomic mass is 10.3. The minimum atomic E-state index is -0.00708. The maximum atomic E-state index is 11.0. The predicted molar refractivity (Wildman–Crippen MR) is 57.4 cm³/mol. The van der Waals surface area contributed by atoms with Crippen LogP contribution < -0.4 is 5.32 Å². The van der Waals surface area contributed by atoms with Crippen molar-refractivity contribution in [1.29, 1.82) is 0 Å². The minimum Gasteiger partial charge on any atom is -0.377 e. The van der Waals surface area contributed by atoms with Gasteiger partial charge in [0, 0.05) is 13.6 Å². The van der Waals surface area contributed by atoms with E-state index in [9.17, 15) is 4.79 Å². The van der Waals surface area contributed by atoms with Crippen LogP contribution in [-0.4, -0.2) is 43.3 Å². The van der Waals surface area contributed by atoms with Crippen molar-refractivity contribution < 1.29 is 9.53 Å². The molecule has 1 atom stereocenters. The van der Waals surface area contributed by atoms with Crippen molar-refractivity contribution in [2.75, 3.05) is 20.2 Å². The monoisotopic (exact) mass is 202 g/mol. The highest BCUT2D eigenvalue weighted by molar-refractivity contribution is 5.76. The van der Waals surface area contributed by atoms with Crippen molar-refractivity contribution in [3.05, 3.63) is 0 Å². The van der Waals surface area contributed by atoms with Gasteiger partial charge in [0.25, 0.3) is 0 Å². The summed E-state index contributed by atoms with van der Waals surface area (Å²) in [6.45, 7) is 9.30. The molecule has 1 fully saturated rings. The zero-order chi connectivity index (χ0) is 11.1. The number of carbonyl (C=O) groups is 1. The molecular formula is C10H22N2O2. The Bertz CT molecular complexity index is 172.